The fraction of sp³-hybridized carbons (Fsp3) is 0.269. The molecule has 0 bridgehead atoms. The first-order chi connectivity index (χ1) is 17.3. The Labute approximate surface area is 211 Å². The summed E-state index contributed by atoms with van der Waals surface area (Å²) in [6.07, 6.45) is 0. The molecule has 36 heavy (non-hydrogen) atoms. The standard InChI is InChI=1S/C26H26N6O3S/c1-15(2)20-13-21-18(12-23(33)35-22(21)11-16(20)3)14-36-26-27-28-29-31(26)24-17(4)30(5)32(25(24)34)19-9-7-6-8-10-19/h6-13,15H,14H2,1-5H3. The molecule has 0 N–H and O–H groups in total. The number of fused-ring (bicyclic) bond motifs is 1. The molecule has 184 valence electrons. The monoisotopic (exact) mass is 502 g/mol. The predicted octanol–water partition coefficient (Wildman–Crippen LogP) is 4.29. The quantitative estimate of drug-likeness (QED) is 0.252. The summed E-state index contributed by atoms with van der Waals surface area (Å²) in [6, 6.07) is 14.9. The average Bonchev–Trinajstić information content (AvgIpc) is 3.38. The van der Waals surface area contributed by atoms with Gasteiger partial charge in [0.1, 0.15) is 5.58 Å². The number of hydrogen-bond donors (Lipinski definition) is 0. The largest absolute Gasteiger partial charge is 0.423 e. The van der Waals surface area contributed by atoms with E-state index in [9.17, 15) is 9.59 Å². The Morgan fingerprint density at radius 3 is 2.53 bits per heavy atom. The summed E-state index contributed by atoms with van der Waals surface area (Å²) in [7, 11) is 1.83. The molecule has 0 fully saturated rings. The van der Waals surface area contributed by atoms with Crippen molar-refractivity contribution < 1.29 is 4.42 Å². The number of hydrogen-bond acceptors (Lipinski definition) is 7. The number of aromatic nitrogens is 6. The molecule has 3 heterocycles. The van der Waals surface area contributed by atoms with E-state index < -0.39 is 5.63 Å². The van der Waals surface area contributed by atoms with Crippen LogP contribution in [0.3, 0.4) is 0 Å². The highest BCUT2D eigenvalue weighted by atomic mass is 32.2. The summed E-state index contributed by atoms with van der Waals surface area (Å²) >= 11 is 1.36. The van der Waals surface area contributed by atoms with Crippen LogP contribution in [0.4, 0.5) is 0 Å². The van der Waals surface area contributed by atoms with Gasteiger partial charge in [-0.15, -0.1) is 5.10 Å². The van der Waals surface area contributed by atoms with Crippen molar-refractivity contribution in [1.29, 1.82) is 0 Å². The molecule has 5 aromatic rings. The third-order valence-electron chi connectivity index (χ3n) is 6.37. The summed E-state index contributed by atoms with van der Waals surface area (Å²) < 4.78 is 10.3. The maximum Gasteiger partial charge on any atom is 0.336 e. The van der Waals surface area contributed by atoms with Crippen LogP contribution >= 0.6 is 11.8 Å². The normalized spacial score (nSPS) is 11.6. The lowest BCUT2D eigenvalue weighted by Gasteiger charge is -2.13. The van der Waals surface area contributed by atoms with Gasteiger partial charge >= 0.3 is 5.63 Å². The van der Waals surface area contributed by atoms with Gasteiger partial charge in [0.2, 0.25) is 5.16 Å². The minimum absolute atomic E-state index is 0.224. The van der Waals surface area contributed by atoms with Gasteiger partial charge in [0.05, 0.1) is 11.4 Å². The van der Waals surface area contributed by atoms with Crippen LogP contribution in [0.2, 0.25) is 0 Å². The van der Waals surface area contributed by atoms with Gasteiger partial charge in [0.15, 0.2) is 5.69 Å². The minimum atomic E-state index is -0.404. The van der Waals surface area contributed by atoms with E-state index in [4.69, 9.17) is 4.42 Å². The van der Waals surface area contributed by atoms with E-state index >= 15 is 0 Å². The van der Waals surface area contributed by atoms with Gasteiger partial charge in [-0.1, -0.05) is 43.8 Å². The van der Waals surface area contributed by atoms with Crippen molar-refractivity contribution in [3.63, 3.8) is 0 Å². The Morgan fingerprint density at radius 2 is 1.81 bits per heavy atom. The maximum atomic E-state index is 13.5. The number of aryl methyl sites for hydroxylation is 1. The van der Waals surface area contributed by atoms with Crippen LogP contribution in [0, 0.1) is 13.8 Å². The first kappa shape index (κ1) is 23.8. The number of rotatable bonds is 6. The molecule has 0 atom stereocenters. The number of benzene rings is 2. The summed E-state index contributed by atoms with van der Waals surface area (Å²) in [5, 5.41) is 13.5. The topological polar surface area (TPSA) is 101 Å². The first-order valence-corrected chi connectivity index (χ1v) is 12.6. The van der Waals surface area contributed by atoms with Crippen molar-refractivity contribution in [1.82, 2.24) is 29.6 Å². The Kier molecular flexibility index (Phi) is 6.13. The lowest BCUT2D eigenvalue weighted by Crippen LogP contribution is -2.22. The van der Waals surface area contributed by atoms with Gasteiger partial charge in [-0.25, -0.2) is 9.48 Å². The second-order valence-corrected chi connectivity index (χ2v) is 9.96. The zero-order valence-electron chi connectivity index (χ0n) is 20.7. The van der Waals surface area contributed by atoms with Crippen molar-refractivity contribution in [2.75, 3.05) is 0 Å². The summed E-state index contributed by atoms with van der Waals surface area (Å²) in [5.74, 6) is 0.768. The molecule has 5 rings (SSSR count). The highest BCUT2D eigenvalue weighted by molar-refractivity contribution is 7.98. The summed E-state index contributed by atoms with van der Waals surface area (Å²) in [6.45, 7) is 8.16. The van der Waals surface area contributed by atoms with Gasteiger partial charge in [-0.3, -0.25) is 9.48 Å². The van der Waals surface area contributed by atoms with E-state index in [0.29, 0.717) is 28.1 Å². The number of thioether (sulfide) groups is 1. The van der Waals surface area contributed by atoms with Gasteiger partial charge in [-0.05, 0) is 71.1 Å². The van der Waals surface area contributed by atoms with Crippen molar-refractivity contribution in [2.24, 2.45) is 7.05 Å². The van der Waals surface area contributed by atoms with Crippen LogP contribution in [0.1, 0.15) is 42.1 Å². The number of para-hydroxylation sites is 1. The molecule has 0 spiro atoms. The van der Waals surface area contributed by atoms with Gasteiger partial charge in [0, 0.05) is 24.3 Å². The van der Waals surface area contributed by atoms with Crippen molar-refractivity contribution in [3.8, 4) is 11.4 Å². The van der Waals surface area contributed by atoms with Gasteiger partial charge in [-0.2, -0.15) is 4.68 Å². The molecular formula is C26H26N6O3S. The third kappa shape index (κ3) is 4.07. The Balaban J connectivity index is 1.54. The van der Waals surface area contributed by atoms with Crippen LogP contribution < -0.4 is 11.2 Å². The van der Waals surface area contributed by atoms with Crippen molar-refractivity contribution in [2.45, 2.75) is 44.5 Å². The van der Waals surface area contributed by atoms with E-state index in [2.05, 4.69) is 35.4 Å². The molecule has 3 aromatic heterocycles. The molecule has 0 unspecified atom stereocenters. The average molecular weight is 503 g/mol. The maximum absolute atomic E-state index is 13.5. The zero-order chi connectivity index (χ0) is 25.6. The Hall–Kier alpha value is -3.92. The lowest BCUT2D eigenvalue weighted by molar-refractivity contribution is 0.559. The second kappa shape index (κ2) is 9.27. The summed E-state index contributed by atoms with van der Waals surface area (Å²) in [4.78, 5) is 25.7. The highest BCUT2D eigenvalue weighted by Crippen LogP contribution is 2.30. The van der Waals surface area contributed by atoms with Crippen molar-refractivity contribution >= 4 is 22.7 Å². The first-order valence-electron chi connectivity index (χ1n) is 11.6. The van der Waals surface area contributed by atoms with E-state index in [1.165, 1.54) is 28.1 Å². The van der Waals surface area contributed by atoms with Crippen molar-refractivity contribution in [3.05, 3.63) is 91.7 Å². The number of tetrazole rings is 1. The molecular weight excluding hydrogens is 476 g/mol. The molecule has 0 aliphatic carbocycles. The van der Waals surface area contributed by atoms with Crippen LogP contribution in [0.5, 0.6) is 0 Å². The van der Waals surface area contributed by atoms with E-state index in [1.54, 1.807) is 9.36 Å². The molecule has 0 radical (unpaired) electrons. The molecule has 0 saturated carbocycles. The minimum Gasteiger partial charge on any atom is -0.423 e. The molecule has 10 heteroatoms. The van der Waals surface area contributed by atoms with E-state index in [1.807, 2.05) is 57.3 Å². The predicted molar refractivity (Wildman–Crippen MR) is 139 cm³/mol. The lowest BCUT2D eigenvalue weighted by atomic mass is 9.95. The zero-order valence-corrected chi connectivity index (χ0v) is 21.5. The third-order valence-corrected chi connectivity index (χ3v) is 7.34. The van der Waals surface area contributed by atoms with E-state index in [-0.39, 0.29) is 5.56 Å². The molecule has 2 aromatic carbocycles. The molecule has 9 nitrogen and oxygen atoms in total. The second-order valence-electron chi connectivity index (χ2n) is 9.02. The summed E-state index contributed by atoms with van der Waals surface area (Å²) in [5.41, 5.74) is 4.90. The Bertz CT molecular complexity index is 1690. The number of nitrogens with zero attached hydrogens (tertiary/aromatic N) is 6. The fourth-order valence-corrected chi connectivity index (χ4v) is 5.35. The van der Waals surface area contributed by atoms with Crippen LogP contribution in [0.15, 0.2) is 67.7 Å². The molecule has 0 aliphatic rings. The molecule has 0 aliphatic heterocycles. The van der Waals surface area contributed by atoms with Crippen LogP contribution in [-0.2, 0) is 12.8 Å². The van der Waals surface area contributed by atoms with Crippen LogP contribution in [0.25, 0.3) is 22.3 Å². The smallest absolute Gasteiger partial charge is 0.336 e. The molecule has 0 saturated heterocycles. The van der Waals surface area contributed by atoms with Gasteiger partial charge < -0.3 is 4.42 Å². The Morgan fingerprint density at radius 1 is 1.06 bits per heavy atom. The fourth-order valence-electron chi connectivity index (χ4n) is 4.48. The SMILES string of the molecule is Cc1cc2oc(=O)cc(CSc3nnnn3-c3c(C)n(C)n(-c4ccccc4)c3=O)c2cc1C(C)C. The van der Waals surface area contributed by atoms with E-state index in [0.717, 1.165) is 27.9 Å². The molecule has 0 amide bonds. The van der Waals surface area contributed by atoms with Gasteiger partial charge in [0.25, 0.3) is 5.56 Å². The van der Waals surface area contributed by atoms with Crippen LogP contribution in [-0.4, -0.2) is 29.6 Å². The highest BCUT2D eigenvalue weighted by Gasteiger charge is 2.22.